The number of benzene rings is 2. The van der Waals surface area contributed by atoms with Crippen LogP contribution in [0.3, 0.4) is 0 Å². The monoisotopic (exact) mass is 408 g/mol. The molecule has 1 unspecified atom stereocenters. The molecule has 4 rings (SSSR count). The first-order chi connectivity index (χ1) is 14.5. The Balaban J connectivity index is 1.30. The summed E-state index contributed by atoms with van der Waals surface area (Å²) in [5, 5.41) is 5.61. The number of nitrogens with two attached hydrogens (primary N) is 1. The third kappa shape index (κ3) is 4.13. The van der Waals surface area contributed by atoms with Crippen molar-refractivity contribution in [3.05, 3.63) is 59.2 Å². The van der Waals surface area contributed by atoms with E-state index in [-0.39, 0.29) is 18.2 Å². The van der Waals surface area contributed by atoms with Gasteiger partial charge in [-0.2, -0.15) is 0 Å². The molecule has 156 valence electrons. The third-order valence-corrected chi connectivity index (χ3v) is 5.38. The van der Waals surface area contributed by atoms with Gasteiger partial charge in [-0.15, -0.1) is 0 Å². The number of para-hydroxylation sites is 2. The molecule has 1 atom stereocenters. The molecule has 0 bridgehead atoms. The number of anilines is 1. The summed E-state index contributed by atoms with van der Waals surface area (Å²) in [6.45, 7) is 2.08. The average Bonchev–Trinajstić information content (AvgIpc) is 3.05. The lowest BCUT2D eigenvalue weighted by Crippen LogP contribution is -2.52. The maximum atomic E-state index is 12.8. The Morgan fingerprint density at radius 2 is 2.00 bits per heavy atom. The van der Waals surface area contributed by atoms with Crippen LogP contribution >= 0.6 is 0 Å². The van der Waals surface area contributed by atoms with Gasteiger partial charge in [0.2, 0.25) is 11.8 Å². The maximum absolute atomic E-state index is 12.8. The quantitative estimate of drug-likeness (QED) is 0.360. The second-order valence-electron chi connectivity index (χ2n) is 7.45. The van der Waals surface area contributed by atoms with Crippen LogP contribution in [0, 0.1) is 0 Å². The van der Waals surface area contributed by atoms with Crippen LogP contribution in [0.2, 0.25) is 0 Å². The van der Waals surface area contributed by atoms with E-state index in [1.807, 2.05) is 36.4 Å². The van der Waals surface area contributed by atoms with Crippen LogP contribution in [-0.2, 0) is 22.7 Å². The fraction of sp³-hybridized carbons (Fsp3) is 0.318. The Hall–Kier alpha value is -3.39. The molecule has 8 heteroatoms. The second-order valence-corrected chi connectivity index (χ2v) is 7.45. The van der Waals surface area contributed by atoms with Crippen molar-refractivity contribution in [3.63, 3.8) is 0 Å². The first-order valence-corrected chi connectivity index (χ1v) is 9.97. The Kier molecular flexibility index (Phi) is 5.67. The minimum absolute atomic E-state index is 0.163. The highest BCUT2D eigenvalue weighted by Crippen LogP contribution is 2.28. The Morgan fingerprint density at radius 3 is 2.80 bits per heavy atom. The summed E-state index contributed by atoms with van der Waals surface area (Å²) in [7, 11) is 0. The fourth-order valence-electron chi connectivity index (χ4n) is 3.79. The van der Waals surface area contributed by atoms with Gasteiger partial charge in [-0.25, -0.2) is 0 Å². The SMILES string of the molecule is Nc1ccccc1OCCNCc1ccc2c(c1)C(=O)N(C1CCC(=O)NC1=O)C2. The van der Waals surface area contributed by atoms with Crippen LogP contribution in [0.15, 0.2) is 42.5 Å². The van der Waals surface area contributed by atoms with Gasteiger partial charge in [-0.1, -0.05) is 24.3 Å². The van der Waals surface area contributed by atoms with Crippen LogP contribution in [0.5, 0.6) is 5.75 Å². The van der Waals surface area contributed by atoms with E-state index in [1.54, 1.807) is 11.0 Å². The second kappa shape index (κ2) is 8.54. The zero-order valence-corrected chi connectivity index (χ0v) is 16.5. The normalized spacial score (nSPS) is 18.3. The van der Waals surface area contributed by atoms with Gasteiger partial charge in [0.25, 0.3) is 5.91 Å². The summed E-state index contributed by atoms with van der Waals surface area (Å²) < 4.78 is 5.65. The molecule has 0 aliphatic carbocycles. The van der Waals surface area contributed by atoms with Gasteiger partial charge in [0.15, 0.2) is 0 Å². The minimum atomic E-state index is -0.591. The summed E-state index contributed by atoms with van der Waals surface area (Å²) in [6, 6.07) is 12.5. The lowest BCUT2D eigenvalue weighted by Gasteiger charge is -2.29. The van der Waals surface area contributed by atoms with E-state index in [1.165, 1.54) is 0 Å². The minimum Gasteiger partial charge on any atom is -0.490 e. The van der Waals surface area contributed by atoms with Crippen LogP contribution in [0.1, 0.15) is 34.3 Å². The number of amides is 3. The first kappa shape index (κ1) is 19.9. The van der Waals surface area contributed by atoms with Gasteiger partial charge in [-0.3, -0.25) is 19.7 Å². The molecule has 2 aliphatic rings. The standard InChI is InChI=1S/C22H24N4O4/c23-17-3-1-2-4-19(17)30-10-9-24-12-14-5-6-15-13-26(22(29)16(15)11-14)18-7-8-20(27)25-21(18)28/h1-6,11,18,24H,7-10,12-13,23H2,(H,25,27,28). The van der Waals surface area contributed by atoms with Crippen molar-refractivity contribution >= 4 is 23.4 Å². The number of nitrogens with one attached hydrogen (secondary N) is 2. The number of ether oxygens (including phenoxy) is 1. The van der Waals surface area contributed by atoms with Gasteiger partial charge in [-0.05, 0) is 35.7 Å². The lowest BCUT2D eigenvalue weighted by molar-refractivity contribution is -0.136. The number of imide groups is 1. The summed E-state index contributed by atoms with van der Waals surface area (Å²) in [5.74, 6) is -0.179. The molecule has 2 aromatic rings. The molecule has 30 heavy (non-hydrogen) atoms. The first-order valence-electron chi connectivity index (χ1n) is 9.97. The van der Waals surface area contributed by atoms with Crippen LogP contribution in [-0.4, -0.2) is 41.8 Å². The predicted molar refractivity (Wildman–Crippen MR) is 111 cm³/mol. The summed E-state index contributed by atoms with van der Waals surface area (Å²) in [6.07, 6.45) is 0.618. The zero-order valence-electron chi connectivity index (χ0n) is 16.5. The van der Waals surface area contributed by atoms with E-state index in [9.17, 15) is 14.4 Å². The molecule has 8 nitrogen and oxygen atoms in total. The predicted octanol–water partition coefficient (Wildman–Crippen LogP) is 1.20. The highest BCUT2D eigenvalue weighted by Gasteiger charge is 2.39. The molecule has 0 saturated carbocycles. The molecule has 0 radical (unpaired) electrons. The van der Waals surface area contributed by atoms with E-state index in [2.05, 4.69) is 10.6 Å². The summed E-state index contributed by atoms with van der Waals surface area (Å²) in [4.78, 5) is 37.9. The van der Waals surface area contributed by atoms with Gasteiger partial charge in [0, 0.05) is 31.6 Å². The number of fused-ring (bicyclic) bond motifs is 1. The van der Waals surface area contributed by atoms with Crippen molar-refractivity contribution in [3.8, 4) is 5.75 Å². The number of piperidine rings is 1. The Bertz CT molecular complexity index is 991. The van der Waals surface area contributed by atoms with Gasteiger partial charge in [0.1, 0.15) is 18.4 Å². The van der Waals surface area contributed by atoms with E-state index in [0.29, 0.717) is 49.7 Å². The Labute approximate surface area is 174 Å². The highest BCUT2D eigenvalue weighted by molar-refractivity contribution is 6.05. The molecule has 2 aliphatic heterocycles. The molecule has 4 N–H and O–H groups in total. The topological polar surface area (TPSA) is 114 Å². The molecular weight excluding hydrogens is 384 g/mol. The van der Waals surface area contributed by atoms with Crippen molar-refractivity contribution in [1.82, 2.24) is 15.5 Å². The lowest BCUT2D eigenvalue weighted by atomic mass is 10.0. The van der Waals surface area contributed by atoms with Crippen LogP contribution in [0.4, 0.5) is 5.69 Å². The smallest absolute Gasteiger partial charge is 0.255 e. The van der Waals surface area contributed by atoms with Crippen molar-refractivity contribution in [2.75, 3.05) is 18.9 Å². The number of rotatable bonds is 7. The Morgan fingerprint density at radius 1 is 1.17 bits per heavy atom. The number of hydrogen-bond donors (Lipinski definition) is 3. The number of carbonyl (C=O) groups excluding carboxylic acids is 3. The van der Waals surface area contributed by atoms with Gasteiger partial charge >= 0.3 is 0 Å². The number of nitrogens with zero attached hydrogens (tertiary/aromatic N) is 1. The number of hydrogen-bond acceptors (Lipinski definition) is 6. The number of carbonyl (C=O) groups is 3. The van der Waals surface area contributed by atoms with Crippen LogP contribution < -0.4 is 21.1 Å². The van der Waals surface area contributed by atoms with Crippen molar-refractivity contribution in [2.24, 2.45) is 0 Å². The molecular formula is C22H24N4O4. The number of nitrogen functional groups attached to an aromatic ring is 1. The largest absolute Gasteiger partial charge is 0.490 e. The van der Waals surface area contributed by atoms with Gasteiger partial charge < -0.3 is 20.7 Å². The highest BCUT2D eigenvalue weighted by atomic mass is 16.5. The molecule has 3 amide bonds. The molecule has 2 heterocycles. The average molecular weight is 408 g/mol. The maximum Gasteiger partial charge on any atom is 0.255 e. The summed E-state index contributed by atoms with van der Waals surface area (Å²) >= 11 is 0. The zero-order chi connectivity index (χ0) is 21.1. The van der Waals surface area contributed by atoms with Crippen LogP contribution in [0.25, 0.3) is 0 Å². The third-order valence-electron chi connectivity index (χ3n) is 5.38. The molecule has 2 aromatic carbocycles. The fourth-order valence-corrected chi connectivity index (χ4v) is 3.79. The van der Waals surface area contributed by atoms with E-state index in [4.69, 9.17) is 10.5 Å². The molecule has 1 saturated heterocycles. The molecule has 0 spiro atoms. The van der Waals surface area contributed by atoms with Crippen molar-refractivity contribution < 1.29 is 19.1 Å². The van der Waals surface area contributed by atoms with Crippen molar-refractivity contribution in [2.45, 2.75) is 32.0 Å². The van der Waals surface area contributed by atoms with E-state index >= 15 is 0 Å². The molecule has 0 aromatic heterocycles. The van der Waals surface area contributed by atoms with Gasteiger partial charge in [0.05, 0.1) is 5.69 Å². The van der Waals surface area contributed by atoms with Crippen molar-refractivity contribution in [1.29, 1.82) is 0 Å². The summed E-state index contributed by atoms with van der Waals surface area (Å²) in [5.41, 5.74) is 8.95. The molecule has 1 fully saturated rings. The van der Waals surface area contributed by atoms with E-state index in [0.717, 1.165) is 11.1 Å². The van der Waals surface area contributed by atoms with E-state index < -0.39 is 11.9 Å².